The number of carbonyl (C=O) groups excluding carboxylic acids is 1. The Labute approximate surface area is 139 Å². The fourth-order valence-electron chi connectivity index (χ4n) is 3.56. The molecule has 0 aliphatic carbocycles. The molecule has 1 aliphatic heterocycles. The van der Waals surface area contributed by atoms with Crippen molar-refractivity contribution in [1.29, 1.82) is 0 Å². The Hall–Kier alpha value is -1.36. The highest BCUT2D eigenvalue weighted by atomic mass is 16.3. The Morgan fingerprint density at radius 2 is 1.91 bits per heavy atom. The van der Waals surface area contributed by atoms with Gasteiger partial charge in [0.15, 0.2) is 0 Å². The summed E-state index contributed by atoms with van der Waals surface area (Å²) in [6, 6.07) is 2.19. The number of hydrogen-bond acceptors (Lipinski definition) is 3. The summed E-state index contributed by atoms with van der Waals surface area (Å²) >= 11 is 0. The maximum Gasteiger partial charge on any atom is 0.272 e. The molecule has 2 rings (SSSR count). The number of hydrogen-bond donors (Lipinski definition) is 1. The van der Waals surface area contributed by atoms with E-state index in [1.807, 2.05) is 22.6 Å². The average Bonchev–Trinajstić information content (AvgIpc) is 2.97. The van der Waals surface area contributed by atoms with Gasteiger partial charge in [0.1, 0.15) is 5.69 Å². The smallest absolute Gasteiger partial charge is 0.272 e. The van der Waals surface area contributed by atoms with Gasteiger partial charge in [0.05, 0.1) is 11.7 Å². The van der Waals surface area contributed by atoms with Crippen molar-refractivity contribution in [3.05, 3.63) is 17.5 Å². The van der Waals surface area contributed by atoms with Crippen LogP contribution in [0.5, 0.6) is 0 Å². The van der Waals surface area contributed by atoms with E-state index in [0.717, 1.165) is 50.9 Å². The molecule has 1 aromatic rings. The molecule has 1 aliphatic rings. The van der Waals surface area contributed by atoms with Crippen LogP contribution in [0.25, 0.3) is 0 Å². The summed E-state index contributed by atoms with van der Waals surface area (Å²) in [6.45, 7) is 10.0. The molecule has 1 amide bonds. The first kappa shape index (κ1) is 18.0. The third-order valence-corrected chi connectivity index (χ3v) is 5.56. The maximum atomic E-state index is 13.0. The predicted octanol–water partition coefficient (Wildman–Crippen LogP) is 3.18. The molecule has 0 aromatic carbocycles. The number of likely N-dealkylation sites (tertiary alicyclic amines) is 1. The van der Waals surface area contributed by atoms with Gasteiger partial charge in [-0.15, -0.1) is 0 Å². The predicted molar refractivity (Wildman–Crippen MR) is 91.5 cm³/mol. The Morgan fingerprint density at radius 1 is 1.30 bits per heavy atom. The van der Waals surface area contributed by atoms with E-state index < -0.39 is 0 Å². The van der Waals surface area contributed by atoms with Gasteiger partial charge in [0.2, 0.25) is 0 Å². The first-order valence-corrected chi connectivity index (χ1v) is 8.96. The van der Waals surface area contributed by atoms with E-state index in [2.05, 4.69) is 25.9 Å². The van der Waals surface area contributed by atoms with Gasteiger partial charge in [-0.05, 0) is 50.5 Å². The van der Waals surface area contributed by atoms with Gasteiger partial charge in [-0.3, -0.25) is 9.48 Å². The fourth-order valence-corrected chi connectivity index (χ4v) is 3.56. The minimum atomic E-state index is 0.00229. The van der Waals surface area contributed by atoms with Crippen LogP contribution in [0.15, 0.2) is 6.07 Å². The Kier molecular flexibility index (Phi) is 5.84. The Balaban J connectivity index is 2.16. The molecule has 1 aromatic heterocycles. The van der Waals surface area contributed by atoms with Gasteiger partial charge >= 0.3 is 0 Å². The molecule has 0 saturated carbocycles. The summed E-state index contributed by atoms with van der Waals surface area (Å²) in [5.74, 6) is 0.0835. The molecule has 2 heterocycles. The molecular formula is C18H31N3O2. The molecule has 0 spiro atoms. The second-order valence-electron chi connectivity index (χ2n) is 6.89. The largest absolute Gasteiger partial charge is 0.396 e. The molecule has 1 N–H and O–H groups in total. The number of aliphatic hydroxyl groups excluding tert-OH is 1. The first-order chi connectivity index (χ1) is 11.0. The number of rotatable bonds is 6. The van der Waals surface area contributed by atoms with Crippen molar-refractivity contribution in [2.45, 2.75) is 65.8 Å². The summed E-state index contributed by atoms with van der Waals surface area (Å²) < 4.78 is 1.92. The van der Waals surface area contributed by atoms with Crippen LogP contribution >= 0.6 is 0 Å². The number of carbonyl (C=O) groups is 1. The van der Waals surface area contributed by atoms with Gasteiger partial charge < -0.3 is 10.0 Å². The van der Waals surface area contributed by atoms with Crippen LogP contribution < -0.4 is 0 Å². The van der Waals surface area contributed by atoms with Crippen LogP contribution in [0.2, 0.25) is 0 Å². The number of amides is 1. The molecule has 1 fully saturated rings. The molecular weight excluding hydrogens is 290 g/mol. The van der Waals surface area contributed by atoms with Crippen molar-refractivity contribution in [2.75, 3.05) is 19.7 Å². The van der Waals surface area contributed by atoms with Crippen LogP contribution in [0.3, 0.4) is 0 Å². The van der Waals surface area contributed by atoms with Gasteiger partial charge in [0.25, 0.3) is 5.91 Å². The molecule has 0 radical (unpaired) electrons. The quantitative estimate of drug-likeness (QED) is 0.875. The number of aryl methyl sites for hydroxylation is 1. The minimum Gasteiger partial charge on any atom is -0.396 e. The third kappa shape index (κ3) is 3.60. The lowest BCUT2D eigenvalue weighted by molar-refractivity contribution is 0.0329. The van der Waals surface area contributed by atoms with E-state index in [9.17, 15) is 9.90 Å². The summed E-state index contributed by atoms with van der Waals surface area (Å²) in [5.41, 5.74) is 1.61. The van der Waals surface area contributed by atoms with Gasteiger partial charge in [-0.1, -0.05) is 20.8 Å². The number of aliphatic hydroxyl groups is 1. The van der Waals surface area contributed by atoms with E-state index in [4.69, 9.17) is 0 Å². The molecule has 5 nitrogen and oxygen atoms in total. The number of nitrogens with zero attached hydrogens (tertiary/aromatic N) is 3. The number of aromatic nitrogens is 2. The van der Waals surface area contributed by atoms with Crippen LogP contribution in [-0.2, 0) is 0 Å². The fraction of sp³-hybridized carbons (Fsp3) is 0.778. The lowest BCUT2D eigenvalue weighted by Gasteiger charge is -2.40. The molecule has 0 unspecified atom stereocenters. The summed E-state index contributed by atoms with van der Waals surface area (Å²) in [7, 11) is 0. The van der Waals surface area contributed by atoms with Gasteiger partial charge in [-0.25, -0.2) is 0 Å². The molecule has 23 heavy (non-hydrogen) atoms. The van der Waals surface area contributed by atoms with E-state index in [1.54, 1.807) is 0 Å². The lowest BCUT2D eigenvalue weighted by Crippen LogP contribution is -2.45. The lowest BCUT2D eigenvalue weighted by atomic mass is 9.77. The molecule has 130 valence electrons. The van der Waals surface area contributed by atoms with Crippen molar-refractivity contribution in [3.63, 3.8) is 0 Å². The topological polar surface area (TPSA) is 58.4 Å². The highest BCUT2D eigenvalue weighted by Gasteiger charge is 2.35. The van der Waals surface area contributed by atoms with Crippen molar-refractivity contribution < 1.29 is 9.90 Å². The zero-order valence-electron chi connectivity index (χ0n) is 15.0. The first-order valence-electron chi connectivity index (χ1n) is 8.96. The molecule has 1 saturated heterocycles. The normalized spacial score (nSPS) is 17.7. The van der Waals surface area contributed by atoms with E-state index in [1.165, 1.54) is 0 Å². The van der Waals surface area contributed by atoms with Crippen LogP contribution in [0.1, 0.15) is 75.1 Å². The average molecular weight is 321 g/mol. The molecule has 5 heteroatoms. The standard InChI is InChI=1S/C18H31N3O2/c1-5-15(6-2)21-16(12-14(4)19-21)17(23)20-10-8-18(7-3,13-22)9-11-20/h12,15,22H,5-11,13H2,1-4H3. The van der Waals surface area contributed by atoms with Crippen LogP contribution in [-0.4, -0.2) is 45.4 Å². The zero-order valence-corrected chi connectivity index (χ0v) is 15.0. The second-order valence-corrected chi connectivity index (χ2v) is 6.89. The SMILES string of the molecule is CCC(CC)n1nc(C)cc1C(=O)N1CCC(CC)(CO)CC1. The third-order valence-electron chi connectivity index (χ3n) is 5.56. The summed E-state index contributed by atoms with van der Waals surface area (Å²) in [4.78, 5) is 14.9. The van der Waals surface area contributed by atoms with Crippen molar-refractivity contribution in [3.8, 4) is 0 Å². The molecule has 0 bridgehead atoms. The van der Waals surface area contributed by atoms with Gasteiger partial charge in [0, 0.05) is 19.7 Å². The van der Waals surface area contributed by atoms with Crippen LogP contribution in [0.4, 0.5) is 0 Å². The van der Waals surface area contributed by atoms with E-state index >= 15 is 0 Å². The van der Waals surface area contributed by atoms with Crippen molar-refractivity contribution >= 4 is 5.91 Å². The van der Waals surface area contributed by atoms with Crippen molar-refractivity contribution in [2.24, 2.45) is 5.41 Å². The second kappa shape index (κ2) is 7.47. The zero-order chi connectivity index (χ0) is 17.0. The van der Waals surface area contributed by atoms with Gasteiger partial charge in [-0.2, -0.15) is 5.10 Å². The number of piperidine rings is 1. The highest BCUT2D eigenvalue weighted by Crippen LogP contribution is 2.34. The minimum absolute atomic E-state index is 0.00229. The molecule has 0 atom stereocenters. The van der Waals surface area contributed by atoms with E-state index in [-0.39, 0.29) is 24.0 Å². The Morgan fingerprint density at radius 3 is 2.39 bits per heavy atom. The monoisotopic (exact) mass is 321 g/mol. The summed E-state index contributed by atoms with van der Waals surface area (Å²) in [6.07, 6.45) is 4.67. The maximum absolute atomic E-state index is 13.0. The highest BCUT2D eigenvalue weighted by molar-refractivity contribution is 5.92. The van der Waals surface area contributed by atoms with E-state index in [0.29, 0.717) is 5.69 Å². The van der Waals surface area contributed by atoms with Crippen LogP contribution in [0, 0.1) is 12.3 Å². The summed E-state index contributed by atoms with van der Waals surface area (Å²) in [5, 5.41) is 14.2. The Bertz CT molecular complexity index is 520. The van der Waals surface area contributed by atoms with Crippen molar-refractivity contribution in [1.82, 2.24) is 14.7 Å².